The van der Waals surface area contributed by atoms with Crippen molar-refractivity contribution in [3.05, 3.63) is 59.7 Å². The number of nitrogens with zero attached hydrogens (tertiary/aromatic N) is 4. The van der Waals surface area contributed by atoms with Crippen molar-refractivity contribution in [3.63, 3.8) is 0 Å². The number of hydrogen-bond acceptors (Lipinski definition) is 7. The predicted octanol–water partition coefficient (Wildman–Crippen LogP) is 3.71. The van der Waals surface area contributed by atoms with Crippen LogP contribution >= 0.6 is 11.3 Å². The third-order valence-corrected chi connectivity index (χ3v) is 5.80. The number of piperidine rings is 1. The number of thiazole rings is 1. The molecule has 1 fully saturated rings. The molecular weight excluding hydrogens is 403 g/mol. The van der Waals surface area contributed by atoms with E-state index >= 15 is 0 Å². The van der Waals surface area contributed by atoms with Gasteiger partial charge in [-0.05, 0) is 50.4 Å². The van der Waals surface area contributed by atoms with Crippen molar-refractivity contribution in [2.45, 2.75) is 19.3 Å². The molecule has 0 radical (unpaired) electrons. The Bertz CT molecular complexity index is 975. The first kappa shape index (κ1) is 20.4. The minimum absolute atomic E-state index is 0.188. The first-order valence-corrected chi connectivity index (χ1v) is 10.8. The summed E-state index contributed by atoms with van der Waals surface area (Å²) in [6.07, 6.45) is 6.19. The highest BCUT2D eigenvalue weighted by Crippen LogP contribution is 2.23. The molecule has 156 valence electrons. The molecular formula is C21H23FN6OS. The molecule has 3 heterocycles. The monoisotopic (exact) mass is 426 g/mol. The van der Waals surface area contributed by atoms with E-state index in [9.17, 15) is 9.18 Å². The van der Waals surface area contributed by atoms with Crippen LogP contribution in [-0.2, 0) is 11.2 Å². The van der Waals surface area contributed by atoms with Gasteiger partial charge in [0.05, 0.1) is 12.2 Å². The maximum absolute atomic E-state index is 13.7. The topological polar surface area (TPSA) is 83.0 Å². The van der Waals surface area contributed by atoms with Crippen molar-refractivity contribution in [3.8, 4) is 0 Å². The number of halogens is 1. The second kappa shape index (κ2) is 9.73. The van der Waals surface area contributed by atoms with Gasteiger partial charge in [-0.2, -0.15) is 0 Å². The largest absolute Gasteiger partial charge is 0.322 e. The fraction of sp³-hybridized carbons (Fsp3) is 0.333. The van der Waals surface area contributed by atoms with E-state index in [2.05, 4.69) is 30.5 Å². The summed E-state index contributed by atoms with van der Waals surface area (Å²) in [4.78, 5) is 27.2. The first-order valence-electron chi connectivity index (χ1n) is 9.90. The van der Waals surface area contributed by atoms with Gasteiger partial charge in [0.15, 0.2) is 5.13 Å². The molecule has 1 saturated heterocycles. The molecule has 1 aromatic carbocycles. The van der Waals surface area contributed by atoms with Crippen molar-refractivity contribution in [2.24, 2.45) is 5.92 Å². The number of benzene rings is 1. The highest BCUT2D eigenvalue weighted by atomic mass is 32.1. The molecule has 3 aromatic rings. The zero-order valence-corrected chi connectivity index (χ0v) is 17.2. The maximum atomic E-state index is 13.7. The van der Waals surface area contributed by atoms with Gasteiger partial charge in [0.25, 0.3) is 0 Å². The molecule has 30 heavy (non-hydrogen) atoms. The summed E-state index contributed by atoms with van der Waals surface area (Å²) in [5.74, 6) is 0.654. The number of carbonyl (C=O) groups excluding carboxylic acids is 1. The van der Waals surface area contributed by atoms with Crippen LogP contribution in [0.5, 0.6) is 0 Å². The van der Waals surface area contributed by atoms with Crippen LogP contribution in [-0.4, -0.2) is 45.4 Å². The Morgan fingerprint density at radius 3 is 2.80 bits per heavy atom. The van der Waals surface area contributed by atoms with Crippen LogP contribution < -0.4 is 10.6 Å². The molecule has 2 N–H and O–H groups in total. The van der Waals surface area contributed by atoms with Crippen LogP contribution in [0, 0.1) is 11.7 Å². The van der Waals surface area contributed by atoms with Crippen molar-refractivity contribution in [2.75, 3.05) is 30.3 Å². The molecule has 2 aromatic heterocycles. The summed E-state index contributed by atoms with van der Waals surface area (Å²) in [5.41, 5.74) is 1.23. The van der Waals surface area contributed by atoms with Gasteiger partial charge in [0.2, 0.25) is 5.91 Å². The molecule has 0 aliphatic carbocycles. The van der Waals surface area contributed by atoms with E-state index in [1.54, 1.807) is 30.7 Å². The van der Waals surface area contributed by atoms with Crippen LogP contribution in [0.3, 0.4) is 0 Å². The molecule has 0 atom stereocenters. The van der Waals surface area contributed by atoms with Crippen LogP contribution in [0.4, 0.5) is 21.0 Å². The number of hydrogen-bond donors (Lipinski definition) is 2. The van der Waals surface area contributed by atoms with Gasteiger partial charge in [-0.25, -0.2) is 19.3 Å². The Labute approximate surface area is 178 Å². The standard InChI is InChI=1S/C21H23FN6OS/c22-17-3-1-2-4-18(17)26-20(29)13-28-8-5-15(6-9-28)11-16-12-19(25-14-24-16)27-21-23-7-10-30-21/h1-4,7,10,12,14-15H,5-6,8-9,11,13H2,(H,26,29)(H,23,24,25,27). The SMILES string of the molecule is O=C(CN1CCC(Cc2cc(Nc3nccs3)ncn2)CC1)Nc1ccccc1F. The van der Waals surface area contributed by atoms with Gasteiger partial charge in [0, 0.05) is 23.3 Å². The molecule has 0 saturated carbocycles. The summed E-state index contributed by atoms with van der Waals surface area (Å²) in [5, 5.41) is 8.56. The molecule has 1 amide bonds. The molecule has 0 unspecified atom stereocenters. The summed E-state index contributed by atoms with van der Waals surface area (Å²) in [6.45, 7) is 1.95. The second-order valence-electron chi connectivity index (χ2n) is 7.31. The number of nitrogens with one attached hydrogen (secondary N) is 2. The highest BCUT2D eigenvalue weighted by Gasteiger charge is 2.22. The van der Waals surface area contributed by atoms with Crippen molar-refractivity contribution in [1.29, 1.82) is 0 Å². The Morgan fingerprint density at radius 2 is 2.03 bits per heavy atom. The third kappa shape index (κ3) is 5.58. The lowest BCUT2D eigenvalue weighted by atomic mass is 9.92. The van der Waals surface area contributed by atoms with Crippen LogP contribution in [0.1, 0.15) is 18.5 Å². The highest BCUT2D eigenvalue weighted by molar-refractivity contribution is 7.13. The zero-order valence-electron chi connectivity index (χ0n) is 16.4. The number of anilines is 3. The zero-order chi connectivity index (χ0) is 20.8. The van der Waals surface area contributed by atoms with Crippen LogP contribution in [0.2, 0.25) is 0 Å². The number of amides is 1. The van der Waals surface area contributed by atoms with E-state index in [1.807, 2.05) is 11.4 Å². The normalized spacial score (nSPS) is 15.1. The molecule has 4 rings (SSSR count). The molecule has 1 aliphatic rings. The van der Waals surface area contributed by atoms with E-state index in [0.717, 1.165) is 49.0 Å². The average molecular weight is 427 g/mol. The fourth-order valence-corrected chi connectivity index (χ4v) is 4.11. The van der Waals surface area contributed by atoms with E-state index in [4.69, 9.17) is 0 Å². The van der Waals surface area contributed by atoms with Gasteiger partial charge < -0.3 is 10.6 Å². The molecule has 1 aliphatic heterocycles. The quantitative estimate of drug-likeness (QED) is 0.599. The Kier molecular flexibility index (Phi) is 6.60. The number of para-hydroxylation sites is 1. The molecule has 0 spiro atoms. The number of aromatic nitrogens is 3. The van der Waals surface area contributed by atoms with Gasteiger partial charge in [-0.1, -0.05) is 12.1 Å². The predicted molar refractivity (Wildman–Crippen MR) is 115 cm³/mol. The molecule has 9 heteroatoms. The Morgan fingerprint density at radius 1 is 1.20 bits per heavy atom. The first-order chi connectivity index (χ1) is 14.7. The smallest absolute Gasteiger partial charge is 0.238 e. The lowest BCUT2D eigenvalue weighted by molar-refractivity contribution is -0.117. The summed E-state index contributed by atoms with van der Waals surface area (Å²) in [6, 6.07) is 8.18. The fourth-order valence-electron chi connectivity index (χ4n) is 3.57. The minimum atomic E-state index is -0.418. The van der Waals surface area contributed by atoms with E-state index in [1.165, 1.54) is 17.4 Å². The summed E-state index contributed by atoms with van der Waals surface area (Å²) < 4.78 is 13.7. The number of carbonyl (C=O) groups is 1. The lowest BCUT2D eigenvalue weighted by Crippen LogP contribution is -2.39. The maximum Gasteiger partial charge on any atom is 0.238 e. The van der Waals surface area contributed by atoms with Crippen molar-refractivity contribution >= 4 is 33.9 Å². The van der Waals surface area contributed by atoms with E-state index in [0.29, 0.717) is 5.92 Å². The second-order valence-corrected chi connectivity index (χ2v) is 8.20. The minimum Gasteiger partial charge on any atom is -0.322 e. The van der Waals surface area contributed by atoms with Gasteiger partial charge in [-0.3, -0.25) is 9.69 Å². The summed E-state index contributed by atoms with van der Waals surface area (Å²) >= 11 is 1.52. The molecule has 0 bridgehead atoms. The Balaban J connectivity index is 1.24. The van der Waals surface area contributed by atoms with Crippen LogP contribution in [0.25, 0.3) is 0 Å². The van der Waals surface area contributed by atoms with E-state index in [-0.39, 0.29) is 18.1 Å². The van der Waals surface area contributed by atoms with Gasteiger partial charge >= 0.3 is 0 Å². The van der Waals surface area contributed by atoms with E-state index < -0.39 is 5.82 Å². The van der Waals surface area contributed by atoms with Crippen molar-refractivity contribution in [1.82, 2.24) is 19.9 Å². The van der Waals surface area contributed by atoms with Gasteiger partial charge in [-0.15, -0.1) is 11.3 Å². The Hall–Kier alpha value is -2.91. The average Bonchev–Trinajstić information content (AvgIpc) is 3.24. The molecule has 7 nitrogen and oxygen atoms in total. The third-order valence-electron chi connectivity index (χ3n) is 5.11. The number of rotatable bonds is 7. The number of likely N-dealkylation sites (tertiary alicyclic amines) is 1. The van der Waals surface area contributed by atoms with Gasteiger partial charge in [0.1, 0.15) is 18.0 Å². The lowest BCUT2D eigenvalue weighted by Gasteiger charge is -2.31. The summed E-state index contributed by atoms with van der Waals surface area (Å²) in [7, 11) is 0. The van der Waals surface area contributed by atoms with Crippen LogP contribution in [0.15, 0.2) is 48.2 Å². The van der Waals surface area contributed by atoms with Crippen molar-refractivity contribution < 1.29 is 9.18 Å².